The molecule has 63 heavy (non-hydrogen) atoms. The monoisotopic (exact) mass is 852 g/mol. The van der Waals surface area contributed by atoms with Gasteiger partial charge in [0.25, 0.3) is 0 Å². The van der Waals surface area contributed by atoms with E-state index in [2.05, 4.69) is 0 Å². The van der Waals surface area contributed by atoms with E-state index in [1.54, 1.807) is 7.11 Å². The van der Waals surface area contributed by atoms with Crippen molar-refractivity contribution in [2.45, 2.75) is 95.1 Å². The quantitative estimate of drug-likeness (QED) is 0.0659. The Morgan fingerprint density at radius 1 is 0.302 bits per heavy atom. The van der Waals surface area contributed by atoms with Gasteiger partial charge in [0, 0.05) is 7.11 Å². The van der Waals surface area contributed by atoms with Gasteiger partial charge >= 0.3 is 0 Å². The molecule has 10 heteroatoms. The summed E-state index contributed by atoms with van der Waals surface area (Å²) in [7, 11) is 1.61. The molecule has 2 fully saturated rings. The Morgan fingerprint density at radius 2 is 0.587 bits per heavy atom. The molecular formula is C53H56O10. The van der Waals surface area contributed by atoms with Crippen LogP contribution in [0.1, 0.15) is 33.4 Å². The second-order valence-electron chi connectivity index (χ2n) is 15.6. The summed E-state index contributed by atoms with van der Waals surface area (Å²) < 4.78 is 66.4. The summed E-state index contributed by atoms with van der Waals surface area (Å²) in [5, 5.41) is 0. The minimum atomic E-state index is -0.912. The average molecular weight is 853 g/mol. The van der Waals surface area contributed by atoms with Crippen LogP contribution in [0.15, 0.2) is 182 Å². The molecule has 2 aliphatic heterocycles. The van der Waals surface area contributed by atoms with Gasteiger partial charge in [-0.05, 0) is 33.4 Å². The fourth-order valence-corrected chi connectivity index (χ4v) is 7.76. The van der Waals surface area contributed by atoms with Gasteiger partial charge in [0.2, 0.25) is 0 Å². The number of ether oxygens (including phenoxy) is 10. The lowest BCUT2D eigenvalue weighted by Crippen LogP contribution is -2.61. The molecule has 10 nitrogen and oxygen atoms in total. The first kappa shape index (κ1) is 44.5. The fraction of sp³-hybridized carbons (Fsp3) is 0.321. The average Bonchev–Trinajstić information content (AvgIpc) is 3.69. The van der Waals surface area contributed by atoms with E-state index in [-0.39, 0.29) is 6.61 Å². The molecule has 6 aromatic rings. The minimum absolute atomic E-state index is 0.0303. The Hall–Kier alpha value is -5.08. The van der Waals surface area contributed by atoms with Crippen molar-refractivity contribution in [3.05, 3.63) is 215 Å². The molecule has 0 amide bonds. The van der Waals surface area contributed by atoms with Crippen LogP contribution in [-0.4, -0.2) is 69.2 Å². The maximum Gasteiger partial charge on any atom is 0.190 e. The van der Waals surface area contributed by atoms with E-state index in [1.165, 1.54) is 0 Å². The molecule has 0 spiro atoms. The Morgan fingerprint density at radius 3 is 0.937 bits per heavy atom. The van der Waals surface area contributed by atoms with E-state index < -0.39 is 55.5 Å². The summed E-state index contributed by atoms with van der Waals surface area (Å²) in [5.41, 5.74) is 6.03. The lowest BCUT2D eigenvalue weighted by molar-refractivity contribution is -0.330. The van der Waals surface area contributed by atoms with Crippen LogP contribution in [0.3, 0.4) is 0 Å². The molecular weight excluding hydrogens is 797 g/mol. The molecule has 8 rings (SSSR count). The van der Waals surface area contributed by atoms with E-state index in [1.807, 2.05) is 182 Å². The van der Waals surface area contributed by atoms with Gasteiger partial charge in [-0.1, -0.05) is 182 Å². The largest absolute Gasteiger partial charge is 0.368 e. The standard InChI is InChI=1S/C53H56O10/c1-54-51-48(57-34-41-24-12-4-13-25-41)47(56-33-40-22-10-3-11-23-40)46(55-32-39-20-8-2-9-21-39)45(62-51)38-61-53-50(59-36-43-28-16-6-17-29-43)49(58-35-42-26-14-5-15-27-42)52(63-53)60-37-44-30-18-7-19-31-44/h2-31,45-53H,32-38H2,1H3/t45-,46-,47+,48-,49+,50-,51+,52+,53-/m1/s1. The van der Waals surface area contributed by atoms with E-state index in [4.69, 9.17) is 47.4 Å². The van der Waals surface area contributed by atoms with Crippen LogP contribution < -0.4 is 0 Å². The maximum atomic E-state index is 6.84. The predicted octanol–water partition coefficient (Wildman–Crippen LogP) is 9.20. The third-order valence-corrected chi connectivity index (χ3v) is 11.1. The van der Waals surface area contributed by atoms with E-state index in [9.17, 15) is 0 Å². The zero-order chi connectivity index (χ0) is 42.9. The molecule has 0 aromatic heterocycles. The highest BCUT2D eigenvalue weighted by molar-refractivity contribution is 5.18. The van der Waals surface area contributed by atoms with Crippen molar-refractivity contribution in [1.82, 2.24) is 0 Å². The van der Waals surface area contributed by atoms with Gasteiger partial charge in [-0.25, -0.2) is 0 Å². The molecule has 0 aliphatic carbocycles. The lowest BCUT2D eigenvalue weighted by Gasteiger charge is -2.45. The molecule has 0 N–H and O–H groups in total. The third kappa shape index (κ3) is 12.8. The van der Waals surface area contributed by atoms with Gasteiger partial charge in [0.05, 0.1) is 46.2 Å². The first-order valence-electron chi connectivity index (χ1n) is 21.6. The van der Waals surface area contributed by atoms with Crippen LogP contribution in [0.4, 0.5) is 0 Å². The topological polar surface area (TPSA) is 92.3 Å². The third-order valence-electron chi connectivity index (χ3n) is 11.1. The Balaban J connectivity index is 1.07. The van der Waals surface area contributed by atoms with Crippen molar-refractivity contribution < 1.29 is 47.4 Å². The van der Waals surface area contributed by atoms with Crippen LogP contribution in [0.25, 0.3) is 0 Å². The first-order valence-corrected chi connectivity index (χ1v) is 21.6. The Kier molecular flexibility index (Phi) is 16.7. The van der Waals surface area contributed by atoms with Gasteiger partial charge < -0.3 is 47.4 Å². The minimum Gasteiger partial charge on any atom is -0.368 e. The maximum absolute atomic E-state index is 6.84. The van der Waals surface area contributed by atoms with Gasteiger partial charge in [-0.2, -0.15) is 0 Å². The summed E-state index contributed by atoms with van der Waals surface area (Å²) in [6.45, 7) is 1.88. The van der Waals surface area contributed by atoms with Gasteiger partial charge in [-0.3, -0.25) is 0 Å². The second-order valence-corrected chi connectivity index (χ2v) is 15.6. The number of hydrogen-bond acceptors (Lipinski definition) is 10. The molecule has 0 unspecified atom stereocenters. The highest BCUT2D eigenvalue weighted by atomic mass is 16.8. The molecule has 2 heterocycles. The van der Waals surface area contributed by atoms with Gasteiger partial charge in [-0.15, -0.1) is 0 Å². The molecule has 9 atom stereocenters. The second kappa shape index (κ2) is 23.6. The molecule has 0 radical (unpaired) electrons. The molecule has 6 aromatic carbocycles. The Labute approximate surface area is 370 Å². The van der Waals surface area contributed by atoms with Gasteiger partial charge in [0.1, 0.15) is 36.6 Å². The van der Waals surface area contributed by atoms with E-state index in [0.717, 1.165) is 33.4 Å². The van der Waals surface area contributed by atoms with Crippen LogP contribution in [-0.2, 0) is 87.0 Å². The SMILES string of the molecule is CO[C@H]1O[C@H](CO[C@@H]2O[C@H](OCc3ccccc3)[C@@H](OCc3ccccc3)[C@H]2OCc2ccccc2)[C@@H](OCc2ccccc2)[C@H](OCc2ccccc2)[C@H]1OCc1ccccc1. The first-order chi connectivity index (χ1) is 31.2. The predicted molar refractivity (Wildman–Crippen MR) is 237 cm³/mol. The van der Waals surface area contributed by atoms with Gasteiger partial charge in [0.15, 0.2) is 18.9 Å². The Bertz CT molecular complexity index is 2150. The molecule has 0 bridgehead atoms. The summed E-state index contributed by atoms with van der Waals surface area (Å²) in [6.07, 6.45) is -6.54. The van der Waals surface area contributed by atoms with Crippen LogP contribution in [0.2, 0.25) is 0 Å². The van der Waals surface area contributed by atoms with Crippen LogP contribution >= 0.6 is 0 Å². The molecule has 0 saturated carbocycles. The number of rotatable bonds is 22. The normalized spacial score (nSPS) is 24.6. The highest BCUT2D eigenvalue weighted by Crippen LogP contribution is 2.34. The summed E-state index contributed by atoms with van der Waals surface area (Å²) in [6, 6.07) is 60.1. The zero-order valence-corrected chi connectivity index (χ0v) is 35.5. The zero-order valence-electron chi connectivity index (χ0n) is 35.5. The van der Waals surface area contributed by atoms with Crippen LogP contribution in [0, 0.1) is 0 Å². The summed E-state index contributed by atoms with van der Waals surface area (Å²) in [5.74, 6) is 0. The van der Waals surface area contributed by atoms with Crippen molar-refractivity contribution in [3.63, 3.8) is 0 Å². The van der Waals surface area contributed by atoms with Crippen molar-refractivity contribution in [2.75, 3.05) is 13.7 Å². The lowest BCUT2D eigenvalue weighted by atomic mass is 9.97. The number of benzene rings is 6. The molecule has 328 valence electrons. The highest BCUT2D eigenvalue weighted by Gasteiger charge is 2.52. The summed E-state index contributed by atoms with van der Waals surface area (Å²) in [4.78, 5) is 0. The molecule has 2 aliphatic rings. The van der Waals surface area contributed by atoms with E-state index >= 15 is 0 Å². The van der Waals surface area contributed by atoms with Crippen LogP contribution in [0.5, 0.6) is 0 Å². The number of hydrogen-bond donors (Lipinski definition) is 0. The van der Waals surface area contributed by atoms with Crippen molar-refractivity contribution in [2.24, 2.45) is 0 Å². The van der Waals surface area contributed by atoms with E-state index in [0.29, 0.717) is 39.6 Å². The smallest absolute Gasteiger partial charge is 0.190 e. The van der Waals surface area contributed by atoms with Crippen molar-refractivity contribution in [1.29, 1.82) is 0 Å². The van der Waals surface area contributed by atoms with Crippen molar-refractivity contribution in [3.8, 4) is 0 Å². The number of methoxy groups -OCH3 is 1. The fourth-order valence-electron chi connectivity index (χ4n) is 7.76. The molecule has 2 saturated heterocycles. The summed E-state index contributed by atoms with van der Waals surface area (Å²) >= 11 is 0. The van der Waals surface area contributed by atoms with Crippen molar-refractivity contribution >= 4 is 0 Å².